The number of hydrogen-bond donors (Lipinski definition) is 1. The molecule has 0 aromatic rings. The molecule has 0 spiro atoms. The molecule has 1 amide bonds. The second kappa shape index (κ2) is 3.03. The Bertz CT molecular complexity index is 185. The van der Waals surface area contributed by atoms with Crippen LogP contribution >= 0.6 is 0 Å². The van der Waals surface area contributed by atoms with Crippen molar-refractivity contribution >= 4 is 5.91 Å². The Labute approximate surface area is 71.1 Å². The van der Waals surface area contributed by atoms with Crippen LogP contribution < -0.4 is 0 Å². The third-order valence-electron chi connectivity index (χ3n) is 2.48. The molecule has 0 aromatic carbocycles. The van der Waals surface area contributed by atoms with E-state index in [1.807, 2.05) is 0 Å². The lowest BCUT2D eigenvalue weighted by Gasteiger charge is -2.38. The van der Waals surface area contributed by atoms with Crippen molar-refractivity contribution in [2.24, 2.45) is 0 Å². The van der Waals surface area contributed by atoms with Crippen molar-refractivity contribution in [1.82, 2.24) is 4.90 Å². The van der Waals surface area contributed by atoms with Crippen molar-refractivity contribution in [3.05, 3.63) is 0 Å². The molecule has 0 saturated carbocycles. The van der Waals surface area contributed by atoms with Gasteiger partial charge in [0.2, 0.25) is 0 Å². The van der Waals surface area contributed by atoms with E-state index in [1.54, 1.807) is 0 Å². The summed E-state index contributed by atoms with van der Waals surface area (Å²) in [5.74, 6) is -0.0359. The molecule has 2 fully saturated rings. The number of amides is 1. The standard InChI is InChI=1S/C8H13NO3/c10-7-3-4-9(7)8(11)6-2-1-5-12-6/h6-7,10H,1-5H2. The number of aliphatic hydroxyl groups excluding tert-OH is 1. The summed E-state index contributed by atoms with van der Waals surface area (Å²) in [6, 6.07) is 0. The van der Waals surface area contributed by atoms with Crippen molar-refractivity contribution in [3.8, 4) is 0 Å². The van der Waals surface area contributed by atoms with Crippen LogP contribution in [0.4, 0.5) is 0 Å². The van der Waals surface area contributed by atoms with Gasteiger partial charge < -0.3 is 14.7 Å². The van der Waals surface area contributed by atoms with E-state index in [9.17, 15) is 9.90 Å². The molecule has 0 radical (unpaired) electrons. The zero-order valence-corrected chi connectivity index (χ0v) is 6.90. The van der Waals surface area contributed by atoms with E-state index in [0.29, 0.717) is 19.6 Å². The number of ether oxygens (including phenoxy) is 1. The molecule has 2 aliphatic heterocycles. The molecule has 4 nitrogen and oxygen atoms in total. The summed E-state index contributed by atoms with van der Waals surface area (Å²) in [6.45, 7) is 1.36. The van der Waals surface area contributed by atoms with Gasteiger partial charge in [-0.1, -0.05) is 0 Å². The molecule has 68 valence electrons. The van der Waals surface area contributed by atoms with E-state index in [-0.39, 0.29) is 12.0 Å². The zero-order chi connectivity index (χ0) is 8.55. The van der Waals surface area contributed by atoms with Gasteiger partial charge in [-0.3, -0.25) is 4.79 Å². The third kappa shape index (κ3) is 1.21. The number of carbonyl (C=O) groups excluding carboxylic acids is 1. The van der Waals surface area contributed by atoms with Crippen LogP contribution in [-0.2, 0) is 9.53 Å². The fourth-order valence-electron chi connectivity index (χ4n) is 1.59. The Morgan fingerprint density at radius 3 is 2.75 bits per heavy atom. The fraction of sp³-hybridized carbons (Fsp3) is 0.875. The first-order valence-corrected chi connectivity index (χ1v) is 4.39. The zero-order valence-electron chi connectivity index (χ0n) is 6.90. The van der Waals surface area contributed by atoms with E-state index in [2.05, 4.69) is 0 Å². The Morgan fingerprint density at radius 2 is 2.33 bits per heavy atom. The Morgan fingerprint density at radius 1 is 1.50 bits per heavy atom. The first-order chi connectivity index (χ1) is 5.79. The molecule has 0 aliphatic carbocycles. The molecule has 2 rings (SSSR count). The van der Waals surface area contributed by atoms with Crippen LogP contribution in [0.25, 0.3) is 0 Å². The molecule has 12 heavy (non-hydrogen) atoms. The quantitative estimate of drug-likeness (QED) is 0.590. The van der Waals surface area contributed by atoms with Gasteiger partial charge in [0, 0.05) is 19.6 Å². The second-order valence-corrected chi connectivity index (χ2v) is 3.30. The maximum Gasteiger partial charge on any atom is 0.253 e. The molecule has 1 N–H and O–H groups in total. The Balaban J connectivity index is 1.90. The van der Waals surface area contributed by atoms with E-state index < -0.39 is 6.23 Å². The van der Waals surface area contributed by atoms with Gasteiger partial charge in [-0.15, -0.1) is 0 Å². The van der Waals surface area contributed by atoms with Crippen LogP contribution in [0.15, 0.2) is 0 Å². The highest BCUT2D eigenvalue weighted by molar-refractivity contribution is 5.82. The average Bonchev–Trinajstić information content (AvgIpc) is 2.53. The molecule has 2 unspecified atom stereocenters. The van der Waals surface area contributed by atoms with Crippen molar-refractivity contribution in [2.75, 3.05) is 13.2 Å². The maximum absolute atomic E-state index is 11.5. The lowest BCUT2D eigenvalue weighted by Crippen LogP contribution is -2.54. The van der Waals surface area contributed by atoms with Crippen LogP contribution in [0.2, 0.25) is 0 Å². The molecular weight excluding hydrogens is 158 g/mol. The molecule has 0 bridgehead atoms. The topological polar surface area (TPSA) is 49.8 Å². The van der Waals surface area contributed by atoms with Gasteiger partial charge in [0.15, 0.2) is 0 Å². The van der Waals surface area contributed by atoms with Gasteiger partial charge in [-0.25, -0.2) is 0 Å². The summed E-state index contributed by atoms with van der Waals surface area (Å²) in [7, 11) is 0. The van der Waals surface area contributed by atoms with Crippen LogP contribution in [0.5, 0.6) is 0 Å². The van der Waals surface area contributed by atoms with Gasteiger partial charge in [-0.05, 0) is 12.8 Å². The number of carbonyl (C=O) groups is 1. The Kier molecular flexibility index (Phi) is 2.02. The number of nitrogens with zero attached hydrogens (tertiary/aromatic N) is 1. The predicted molar refractivity (Wildman–Crippen MR) is 41.3 cm³/mol. The molecule has 2 aliphatic rings. The van der Waals surface area contributed by atoms with Crippen molar-refractivity contribution < 1.29 is 14.6 Å². The van der Waals surface area contributed by atoms with E-state index in [1.165, 1.54) is 4.90 Å². The Hall–Kier alpha value is -0.610. The minimum absolute atomic E-state index is 0.0359. The number of hydrogen-bond acceptors (Lipinski definition) is 3. The van der Waals surface area contributed by atoms with Gasteiger partial charge in [0.05, 0.1) is 0 Å². The monoisotopic (exact) mass is 171 g/mol. The highest BCUT2D eigenvalue weighted by atomic mass is 16.5. The first-order valence-electron chi connectivity index (χ1n) is 4.39. The molecular formula is C8H13NO3. The highest BCUT2D eigenvalue weighted by Gasteiger charge is 2.36. The summed E-state index contributed by atoms with van der Waals surface area (Å²) in [6.07, 6.45) is 1.64. The normalized spacial score (nSPS) is 34.9. The number of aliphatic hydroxyl groups is 1. The summed E-state index contributed by atoms with van der Waals surface area (Å²) in [5.41, 5.74) is 0. The van der Waals surface area contributed by atoms with Crippen LogP contribution in [0.3, 0.4) is 0 Å². The van der Waals surface area contributed by atoms with Crippen LogP contribution in [0.1, 0.15) is 19.3 Å². The first kappa shape index (κ1) is 8.01. The molecule has 2 saturated heterocycles. The summed E-state index contributed by atoms with van der Waals surface area (Å²) < 4.78 is 5.22. The lowest BCUT2D eigenvalue weighted by atomic mass is 10.1. The predicted octanol–water partition coefficient (Wildman–Crippen LogP) is -0.284. The van der Waals surface area contributed by atoms with Crippen molar-refractivity contribution in [1.29, 1.82) is 0 Å². The minimum atomic E-state index is -0.554. The van der Waals surface area contributed by atoms with Crippen LogP contribution in [-0.4, -0.2) is 41.4 Å². The number of rotatable bonds is 1. The minimum Gasteiger partial charge on any atom is -0.373 e. The van der Waals surface area contributed by atoms with Crippen LogP contribution in [0, 0.1) is 0 Å². The molecule has 4 heteroatoms. The van der Waals surface area contributed by atoms with E-state index >= 15 is 0 Å². The van der Waals surface area contributed by atoms with Gasteiger partial charge >= 0.3 is 0 Å². The maximum atomic E-state index is 11.5. The molecule has 2 heterocycles. The van der Waals surface area contributed by atoms with Crippen molar-refractivity contribution in [3.63, 3.8) is 0 Å². The van der Waals surface area contributed by atoms with Crippen molar-refractivity contribution in [2.45, 2.75) is 31.6 Å². The van der Waals surface area contributed by atoms with E-state index in [4.69, 9.17) is 4.74 Å². The largest absolute Gasteiger partial charge is 0.373 e. The third-order valence-corrected chi connectivity index (χ3v) is 2.48. The SMILES string of the molecule is O=C(C1CCCO1)N1CCC1O. The van der Waals surface area contributed by atoms with Gasteiger partial charge in [0.1, 0.15) is 12.3 Å². The van der Waals surface area contributed by atoms with E-state index in [0.717, 1.165) is 12.8 Å². The van der Waals surface area contributed by atoms with Gasteiger partial charge in [-0.2, -0.15) is 0 Å². The molecule has 0 aromatic heterocycles. The smallest absolute Gasteiger partial charge is 0.253 e. The van der Waals surface area contributed by atoms with Gasteiger partial charge in [0.25, 0.3) is 5.91 Å². The fourth-order valence-corrected chi connectivity index (χ4v) is 1.59. The summed E-state index contributed by atoms with van der Waals surface area (Å²) in [5, 5.41) is 9.19. The summed E-state index contributed by atoms with van der Waals surface area (Å²) in [4.78, 5) is 13.0. The average molecular weight is 171 g/mol. The molecule has 2 atom stereocenters. The summed E-state index contributed by atoms with van der Waals surface area (Å²) >= 11 is 0. The number of likely N-dealkylation sites (tertiary alicyclic amines) is 1. The highest BCUT2D eigenvalue weighted by Crippen LogP contribution is 2.21. The second-order valence-electron chi connectivity index (χ2n) is 3.30. The lowest BCUT2D eigenvalue weighted by molar-refractivity contribution is -0.163.